The molecule has 1 rings (SSSR count). The zero-order chi connectivity index (χ0) is 25.1. The van der Waals surface area contributed by atoms with Crippen molar-refractivity contribution in [2.24, 2.45) is 0 Å². The molecule has 0 aliphatic carbocycles. The van der Waals surface area contributed by atoms with Crippen molar-refractivity contribution in [3.05, 3.63) is 29.3 Å². The van der Waals surface area contributed by atoms with Gasteiger partial charge in [0.05, 0.1) is 10.5 Å². The zero-order valence-corrected chi connectivity index (χ0v) is 15.9. The highest BCUT2D eigenvalue weighted by Gasteiger charge is 2.91. The summed E-state index contributed by atoms with van der Waals surface area (Å²) >= 11 is 0. The second-order valence-electron chi connectivity index (χ2n) is 5.76. The lowest BCUT2D eigenvalue weighted by atomic mass is 10.1. The van der Waals surface area contributed by atoms with Gasteiger partial charge in [0, 0.05) is 0 Å². The van der Waals surface area contributed by atoms with Crippen LogP contribution >= 0.6 is 0 Å². The maximum absolute atomic E-state index is 13.0. The van der Waals surface area contributed by atoms with Crippen LogP contribution in [0.2, 0.25) is 0 Å². The van der Waals surface area contributed by atoms with Crippen LogP contribution in [0.4, 0.5) is 52.7 Å². The molecule has 0 atom stereocenters. The summed E-state index contributed by atoms with van der Waals surface area (Å²) in [5.74, 6) is 0. The zero-order valence-electron chi connectivity index (χ0n) is 14.2. The molecule has 0 aliphatic heterocycles. The molecule has 0 amide bonds. The Balaban J connectivity index is 3.95. The highest BCUT2D eigenvalue weighted by atomic mass is 32.3. The fourth-order valence-electron chi connectivity index (χ4n) is 2.28. The summed E-state index contributed by atoms with van der Waals surface area (Å²) in [7, 11) is -14.7. The van der Waals surface area contributed by atoms with Crippen LogP contribution in [-0.2, 0) is 26.2 Å². The molecule has 0 saturated heterocycles. The van der Waals surface area contributed by atoms with Gasteiger partial charge < -0.3 is 0 Å². The molecule has 5 nitrogen and oxygen atoms in total. The van der Waals surface area contributed by atoms with Crippen LogP contribution in [0.25, 0.3) is 0 Å². The predicted molar refractivity (Wildman–Crippen MR) is 76.3 cm³/mol. The first-order chi connectivity index (χ1) is 13.3. The topological polar surface area (TPSA) is 80.3 Å². The van der Waals surface area contributed by atoms with Crippen molar-refractivity contribution in [2.75, 3.05) is 0 Å². The largest absolute Gasteiger partial charge is 0.427 e. The van der Waals surface area contributed by atoms with Crippen molar-refractivity contribution >= 4 is 20.0 Å². The lowest BCUT2D eigenvalue weighted by molar-refractivity contribution is -0.347. The van der Waals surface area contributed by atoms with Gasteiger partial charge in [-0.05, 0) is 24.6 Å². The van der Waals surface area contributed by atoms with Crippen LogP contribution in [0.5, 0.6) is 0 Å². The molecule has 1 N–H and O–H groups in total. The van der Waals surface area contributed by atoms with Gasteiger partial charge in [-0.15, -0.1) is 4.13 Å². The maximum Gasteiger partial charge on any atom is 0.427 e. The van der Waals surface area contributed by atoms with Crippen LogP contribution in [0.3, 0.4) is 0 Å². The number of benzene rings is 1. The number of rotatable bonds is 4. The molecule has 0 fully saturated rings. The van der Waals surface area contributed by atoms with E-state index in [1.165, 1.54) is 0 Å². The number of aryl methyl sites for hydroxylation is 1. The van der Waals surface area contributed by atoms with Gasteiger partial charge in [0.25, 0.3) is 20.0 Å². The van der Waals surface area contributed by atoms with E-state index in [0.29, 0.717) is 6.07 Å². The van der Waals surface area contributed by atoms with Crippen molar-refractivity contribution in [2.45, 2.75) is 41.3 Å². The SMILES string of the molecule is Cc1ccc(C(F)(F)F)c(S(=O)(=O)NS(=O)(=O)C(C(F)(F)F)(C(F)(F)F)C(F)(F)F)c1. The molecule has 1 aromatic carbocycles. The van der Waals surface area contributed by atoms with Crippen molar-refractivity contribution in [1.82, 2.24) is 4.13 Å². The lowest BCUT2D eigenvalue weighted by Crippen LogP contribution is -2.73. The molecule has 1 aromatic rings. The van der Waals surface area contributed by atoms with Gasteiger partial charge in [-0.2, -0.15) is 52.7 Å². The third-order valence-corrected chi connectivity index (χ3v) is 7.72. The average molecular weight is 521 g/mol. The minimum atomic E-state index is -8.12. The number of alkyl halides is 12. The number of hydrogen-bond donors (Lipinski definition) is 1. The van der Waals surface area contributed by atoms with Gasteiger partial charge in [-0.25, -0.2) is 16.8 Å². The average Bonchev–Trinajstić information content (AvgIpc) is 2.38. The minimum Gasteiger partial charge on any atom is -0.210 e. The first-order valence-electron chi connectivity index (χ1n) is 6.99. The van der Waals surface area contributed by atoms with Gasteiger partial charge in [0.15, 0.2) is 0 Å². The Kier molecular flexibility index (Phi) is 6.50. The Hall–Kier alpha value is -1.76. The molecule has 0 spiro atoms. The Bertz CT molecular complexity index is 1010. The van der Waals surface area contributed by atoms with E-state index in [2.05, 4.69) is 0 Å². The molecular weight excluding hydrogens is 514 g/mol. The highest BCUT2D eigenvalue weighted by Crippen LogP contribution is 2.57. The summed E-state index contributed by atoms with van der Waals surface area (Å²) < 4.78 is 195. The number of hydrogen-bond acceptors (Lipinski definition) is 4. The standard InChI is InChI=1S/C12H7F12NO4S2/c1-5-2-3-6(8(13,14)15)7(4-5)30(26,27)25-31(28,29)9(10(16,17)18,11(19,20)21)12(22,23)24/h2-4,25H,1H3. The van der Waals surface area contributed by atoms with Crippen molar-refractivity contribution in [1.29, 1.82) is 0 Å². The van der Waals surface area contributed by atoms with Gasteiger partial charge >= 0.3 is 29.5 Å². The lowest BCUT2D eigenvalue weighted by Gasteiger charge is -2.37. The smallest absolute Gasteiger partial charge is 0.210 e. The quantitative estimate of drug-likeness (QED) is 0.607. The fraction of sp³-hybridized carbons (Fsp3) is 0.500. The minimum absolute atomic E-state index is 0.0167. The van der Waals surface area contributed by atoms with E-state index >= 15 is 0 Å². The maximum atomic E-state index is 13.0. The molecule has 0 radical (unpaired) electrons. The number of nitrogens with one attached hydrogen (secondary N) is 1. The summed E-state index contributed by atoms with van der Waals surface area (Å²) in [6.45, 7) is 0.888. The van der Waals surface area contributed by atoms with Crippen molar-refractivity contribution < 1.29 is 69.5 Å². The number of halogens is 12. The molecule has 31 heavy (non-hydrogen) atoms. The van der Waals surface area contributed by atoms with E-state index in [1.807, 2.05) is 0 Å². The van der Waals surface area contributed by atoms with Crippen molar-refractivity contribution in [3.8, 4) is 0 Å². The van der Waals surface area contributed by atoms with E-state index in [1.54, 1.807) is 0 Å². The summed E-state index contributed by atoms with van der Waals surface area (Å²) in [6.07, 6.45) is -28.8. The Labute approximate surface area is 165 Å². The van der Waals surface area contributed by atoms with Crippen LogP contribution in [0.15, 0.2) is 23.1 Å². The first kappa shape index (κ1) is 27.3. The Morgan fingerprint density at radius 2 is 1.10 bits per heavy atom. The third-order valence-electron chi connectivity index (χ3n) is 3.55. The third kappa shape index (κ3) is 4.57. The second-order valence-corrected chi connectivity index (χ2v) is 9.49. The van der Waals surface area contributed by atoms with Crippen LogP contribution in [0, 0.1) is 6.92 Å². The molecule has 180 valence electrons. The first-order valence-corrected chi connectivity index (χ1v) is 9.96. The van der Waals surface area contributed by atoms with E-state index in [-0.39, 0.29) is 12.1 Å². The molecule has 0 aromatic heterocycles. The molecule has 0 bridgehead atoms. The predicted octanol–water partition coefficient (Wildman–Crippen LogP) is 4.05. The molecule has 0 unspecified atom stereocenters. The number of sulfonamides is 2. The van der Waals surface area contributed by atoms with Crippen molar-refractivity contribution in [3.63, 3.8) is 0 Å². The normalized spacial score (nSPS) is 15.3. The molecule has 0 saturated carbocycles. The van der Waals surface area contributed by atoms with Gasteiger partial charge in [0.1, 0.15) is 0 Å². The Morgan fingerprint density at radius 1 is 0.710 bits per heavy atom. The van der Waals surface area contributed by atoms with Gasteiger partial charge in [-0.1, -0.05) is 6.07 Å². The molecular formula is C12H7F12NO4S2. The summed E-state index contributed by atoms with van der Waals surface area (Å²) in [5, 5.41) is 0. The summed E-state index contributed by atoms with van der Waals surface area (Å²) in [6, 6.07) is 0.542. The van der Waals surface area contributed by atoms with E-state index in [9.17, 15) is 69.5 Å². The highest BCUT2D eigenvalue weighted by molar-refractivity contribution is 8.05. The van der Waals surface area contributed by atoms with Gasteiger partial charge in [-0.3, -0.25) is 0 Å². The molecule has 0 aliphatic rings. The van der Waals surface area contributed by atoms with Gasteiger partial charge in [0.2, 0.25) is 0 Å². The van der Waals surface area contributed by atoms with E-state index in [4.69, 9.17) is 0 Å². The Morgan fingerprint density at radius 3 is 1.42 bits per heavy atom. The van der Waals surface area contributed by atoms with Crippen LogP contribution < -0.4 is 4.13 Å². The van der Waals surface area contributed by atoms with Crippen LogP contribution in [-0.4, -0.2) is 40.1 Å². The molecule has 0 heterocycles. The van der Waals surface area contributed by atoms with E-state index < -0.39 is 69.6 Å². The van der Waals surface area contributed by atoms with Crippen LogP contribution in [0.1, 0.15) is 11.1 Å². The fourth-order valence-corrected chi connectivity index (χ4v) is 6.02. The second kappa shape index (κ2) is 7.39. The summed E-state index contributed by atoms with van der Waals surface area (Å²) in [5.41, 5.74) is -2.68. The van der Waals surface area contributed by atoms with E-state index in [0.717, 1.165) is 6.92 Å². The summed E-state index contributed by atoms with van der Waals surface area (Å²) in [4.78, 5) is -2.22. The monoisotopic (exact) mass is 521 g/mol. The molecule has 19 heteroatoms.